The minimum absolute atomic E-state index is 0.109. The van der Waals surface area contributed by atoms with Crippen LogP contribution in [0.15, 0.2) is 198 Å². The van der Waals surface area contributed by atoms with Gasteiger partial charge in [-0.25, -0.2) is 15.0 Å². The van der Waals surface area contributed by atoms with E-state index in [9.17, 15) is 0 Å². The van der Waals surface area contributed by atoms with Gasteiger partial charge in [-0.3, -0.25) is 0 Å². The smallest absolute Gasteiger partial charge is 0.164 e. The second-order valence-electron chi connectivity index (χ2n) is 13.7. The fourth-order valence-corrected chi connectivity index (χ4v) is 7.75. The Morgan fingerprint density at radius 1 is 0.411 bits per heavy atom. The zero-order valence-electron chi connectivity index (χ0n) is 34.8. The average molecular weight is 722 g/mol. The molecule has 5 heteroatoms. The number of rotatable bonds is 6. The maximum absolute atomic E-state index is 8.61. The van der Waals surface area contributed by atoms with Crippen LogP contribution in [0.4, 0.5) is 0 Å². The number of benzene rings is 8. The molecule has 0 radical (unpaired) electrons. The summed E-state index contributed by atoms with van der Waals surface area (Å²) in [6, 6.07) is 52.8. The average Bonchev–Trinajstić information content (AvgIpc) is 3.86. The molecule has 5 nitrogen and oxygen atoms in total. The van der Waals surface area contributed by atoms with Crippen LogP contribution in [0.5, 0.6) is 0 Å². The van der Waals surface area contributed by atoms with Crippen LogP contribution in [0.25, 0.3) is 106 Å². The molecule has 11 aromatic rings. The standard InChI is InChI=1S/C51H32N4O/c1-4-14-33(15-5-1)36-20-12-21-38(30-36)50-52-49(35-18-8-3-9-19-35)53-51(54-50)42-23-13-25-46-48(42)41-28-27-39(32-47(41)56-46)55-44-24-11-10-22-40(44)43-31-37(26-29-45(43)55)34-16-6-2-7-17-34/h1-32H/i1D,4D,5D,14D,15D. The van der Waals surface area contributed by atoms with Gasteiger partial charge in [0.25, 0.3) is 0 Å². The lowest BCUT2D eigenvalue weighted by atomic mass is 10.0. The Morgan fingerprint density at radius 2 is 1.07 bits per heavy atom. The maximum Gasteiger partial charge on any atom is 0.164 e. The fraction of sp³-hybridized carbons (Fsp3) is 0. The van der Waals surface area contributed by atoms with E-state index in [4.69, 9.17) is 26.2 Å². The van der Waals surface area contributed by atoms with E-state index in [1.807, 2.05) is 60.7 Å². The number of furan rings is 1. The Bertz CT molecular complexity index is 3520. The Hall–Kier alpha value is -7.63. The molecule has 0 amide bonds. The zero-order chi connectivity index (χ0) is 41.4. The second-order valence-corrected chi connectivity index (χ2v) is 13.7. The Balaban J connectivity index is 1.07. The van der Waals surface area contributed by atoms with Gasteiger partial charge in [-0.15, -0.1) is 0 Å². The third-order valence-corrected chi connectivity index (χ3v) is 10.3. The molecule has 0 aliphatic rings. The largest absolute Gasteiger partial charge is 0.456 e. The van der Waals surface area contributed by atoms with Crippen LogP contribution in [0.1, 0.15) is 6.85 Å². The molecule has 8 aromatic carbocycles. The van der Waals surface area contributed by atoms with E-state index in [1.165, 1.54) is 16.3 Å². The number of nitrogens with zero attached hydrogens (tertiary/aromatic N) is 4. The third-order valence-electron chi connectivity index (χ3n) is 10.3. The van der Waals surface area contributed by atoms with E-state index in [1.54, 1.807) is 18.2 Å². The van der Waals surface area contributed by atoms with Crippen molar-refractivity contribution in [3.8, 4) is 62.1 Å². The van der Waals surface area contributed by atoms with Gasteiger partial charge in [0.05, 0.1) is 17.9 Å². The molecule has 0 saturated carbocycles. The summed E-state index contributed by atoms with van der Waals surface area (Å²) in [6.45, 7) is 0. The molecule has 0 aliphatic carbocycles. The van der Waals surface area contributed by atoms with E-state index in [2.05, 4.69) is 89.5 Å². The Kier molecular flexibility index (Phi) is 6.29. The Morgan fingerprint density at radius 3 is 1.91 bits per heavy atom. The summed E-state index contributed by atoms with van der Waals surface area (Å²) in [7, 11) is 0. The number of hydrogen-bond acceptors (Lipinski definition) is 4. The van der Waals surface area contributed by atoms with Crippen LogP contribution >= 0.6 is 0 Å². The van der Waals surface area contributed by atoms with Crippen molar-refractivity contribution in [2.75, 3.05) is 0 Å². The lowest BCUT2D eigenvalue weighted by Crippen LogP contribution is -2.00. The summed E-state index contributed by atoms with van der Waals surface area (Å²) < 4.78 is 50.7. The Labute approximate surface area is 329 Å². The molecule has 3 aromatic heterocycles. The van der Waals surface area contributed by atoms with Crippen molar-refractivity contribution in [3.05, 3.63) is 194 Å². The first-order chi connectivity index (χ1) is 29.8. The van der Waals surface area contributed by atoms with E-state index in [-0.39, 0.29) is 17.6 Å². The quantitative estimate of drug-likeness (QED) is 0.172. The first kappa shape index (κ1) is 27.0. The van der Waals surface area contributed by atoms with Crippen LogP contribution in [-0.4, -0.2) is 19.5 Å². The molecule has 0 unspecified atom stereocenters. The van der Waals surface area contributed by atoms with E-state index in [0.717, 1.165) is 49.8 Å². The predicted molar refractivity (Wildman–Crippen MR) is 229 cm³/mol. The minimum atomic E-state index is -0.439. The van der Waals surface area contributed by atoms with Gasteiger partial charge in [-0.05, 0) is 64.7 Å². The molecule has 56 heavy (non-hydrogen) atoms. The van der Waals surface area contributed by atoms with Gasteiger partial charge in [0.1, 0.15) is 11.2 Å². The van der Waals surface area contributed by atoms with Gasteiger partial charge in [-0.2, -0.15) is 0 Å². The first-order valence-electron chi connectivity index (χ1n) is 20.9. The number of para-hydroxylation sites is 1. The molecule has 11 rings (SSSR count). The highest BCUT2D eigenvalue weighted by Crippen LogP contribution is 2.40. The summed E-state index contributed by atoms with van der Waals surface area (Å²) in [4.78, 5) is 15.0. The van der Waals surface area contributed by atoms with Crippen molar-refractivity contribution < 1.29 is 11.3 Å². The van der Waals surface area contributed by atoms with Crippen molar-refractivity contribution in [2.45, 2.75) is 0 Å². The molecule has 3 heterocycles. The third kappa shape index (κ3) is 5.37. The lowest BCUT2D eigenvalue weighted by molar-refractivity contribution is 0.668. The predicted octanol–water partition coefficient (Wildman–Crippen LogP) is 13.2. The lowest BCUT2D eigenvalue weighted by Gasteiger charge is -2.10. The summed E-state index contributed by atoms with van der Waals surface area (Å²) in [5.74, 6) is 1.26. The van der Waals surface area contributed by atoms with Crippen LogP contribution < -0.4 is 0 Å². The summed E-state index contributed by atoms with van der Waals surface area (Å²) in [5, 5.41) is 4.11. The molecule has 0 N–H and O–H groups in total. The molecule has 262 valence electrons. The summed E-state index contributed by atoms with van der Waals surface area (Å²) >= 11 is 0. The fourth-order valence-electron chi connectivity index (χ4n) is 7.75. The molecule has 0 spiro atoms. The second kappa shape index (κ2) is 13.0. The summed E-state index contributed by atoms with van der Waals surface area (Å²) in [6.07, 6.45) is 0. The van der Waals surface area contributed by atoms with Gasteiger partial charge in [0, 0.05) is 50.0 Å². The topological polar surface area (TPSA) is 56.7 Å². The minimum Gasteiger partial charge on any atom is -0.456 e. The monoisotopic (exact) mass is 721 g/mol. The van der Waals surface area contributed by atoms with Gasteiger partial charge in [0.15, 0.2) is 17.5 Å². The van der Waals surface area contributed by atoms with Crippen LogP contribution in [0.3, 0.4) is 0 Å². The molecule has 0 saturated heterocycles. The highest BCUT2D eigenvalue weighted by molar-refractivity contribution is 6.13. The van der Waals surface area contributed by atoms with Gasteiger partial charge in [0.2, 0.25) is 0 Å². The SMILES string of the molecule is [2H]c1c([2H])c([2H])c(-c2cccc(-c3nc(-c4ccccc4)nc(-c4cccc5oc6cc(-n7c8ccccc8c8cc(-c9ccccc9)ccc87)ccc6c45)n3)c2)c([2H])c1[2H]. The molecular weight excluding hydrogens is 685 g/mol. The number of aromatic nitrogens is 4. The van der Waals surface area contributed by atoms with Crippen molar-refractivity contribution in [2.24, 2.45) is 0 Å². The maximum atomic E-state index is 8.61. The van der Waals surface area contributed by atoms with E-state index < -0.39 is 18.1 Å². The van der Waals surface area contributed by atoms with Crippen molar-refractivity contribution in [3.63, 3.8) is 0 Å². The summed E-state index contributed by atoms with van der Waals surface area (Å²) in [5.41, 5.74) is 9.62. The van der Waals surface area contributed by atoms with Gasteiger partial charge >= 0.3 is 0 Å². The van der Waals surface area contributed by atoms with E-state index >= 15 is 0 Å². The molecule has 0 aliphatic heterocycles. The normalized spacial score (nSPS) is 12.8. The number of hydrogen-bond donors (Lipinski definition) is 0. The van der Waals surface area contributed by atoms with Crippen LogP contribution in [0.2, 0.25) is 0 Å². The van der Waals surface area contributed by atoms with E-state index in [0.29, 0.717) is 34.2 Å². The van der Waals surface area contributed by atoms with Crippen LogP contribution in [0, 0.1) is 0 Å². The zero-order valence-corrected chi connectivity index (χ0v) is 29.8. The van der Waals surface area contributed by atoms with Crippen molar-refractivity contribution >= 4 is 43.7 Å². The highest BCUT2D eigenvalue weighted by Gasteiger charge is 2.20. The first-order valence-corrected chi connectivity index (χ1v) is 18.4. The molecule has 0 bridgehead atoms. The van der Waals surface area contributed by atoms with Crippen LogP contribution in [-0.2, 0) is 0 Å². The molecule has 0 atom stereocenters. The van der Waals surface area contributed by atoms with Crippen molar-refractivity contribution in [1.82, 2.24) is 19.5 Å². The highest BCUT2D eigenvalue weighted by atomic mass is 16.3. The van der Waals surface area contributed by atoms with Gasteiger partial charge in [-0.1, -0.05) is 145 Å². The number of fused-ring (bicyclic) bond motifs is 6. The van der Waals surface area contributed by atoms with Crippen molar-refractivity contribution in [1.29, 1.82) is 0 Å². The molecule has 0 fully saturated rings. The van der Waals surface area contributed by atoms with Gasteiger partial charge < -0.3 is 8.98 Å². The molecular formula is C51H32N4O.